The first-order valence-corrected chi connectivity index (χ1v) is 8.64. The Morgan fingerprint density at radius 1 is 0.958 bits per heavy atom. The smallest absolute Gasteiger partial charge is 0.240 e. The van der Waals surface area contributed by atoms with E-state index in [0.29, 0.717) is 11.4 Å². The van der Waals surface area contributed by atoms with Crippen LogP contribution >= 0.6 is 0 Å². The molecule has 0 bridgehead atoms. The van der Waals surface area contributed by atoms with Crippen molar-refractivity contribution in [3.8, 4) is 11.3 Å². The Morgan fingerprint density at radius 2 is 1.67 bits per heavy atom. The number of nitrogens with one attached hydrogen (secondary N) is 1. The van der Waals surface area contributed by atoms with Crippen molar-refractivity contribution in [2.45, 2.75) is 11.4 Å². The van der Waals surface area contributed by atoms with Crippen LogP contribution in [-0.2, 0) is 16.6 Å². The van der Waals surface area contributed by atoms with Crippen LogP contribution in [0, 0.1) is 5.82 Å². The van der Waals surface area contributed by atoms with E-state index in [1.54, 1.807) is 36.4 Å². The number of rotatable bonds is 5. The maximum Gasteiger partial charge on any atom is 0.240 e. The number of hydrogen-bond acceptors (Lipinski definition) is 4. The molecule has 7 heteroatoms. The second-order valence-corrected chi connectivity index (χ2v) is 6.81. The molecular formula is C17H14FN3O2S. The topological polar surface area (TPSA) is 72.0 Å². The van der Waals surface area contributed by atoms with Crippen molar-refractivity contribution < 1.29 is 12.8 Å². The molecule has 24 heavy (non-hydrogen) atoms. The van der Waals surface area contributed by atoms with Gasteiger partial charge in [-0.15, -0.1) is 0 Å². The first-order valence-electron chi connectivity index (χ1n) is 7.16. The van der Waals surface area contributed by atoms with Gasteiger partial charge >= 0.3 is 0 Å². The summed E-state index contributed by atoms with van der Waals surface area (Å²) < 4.78 is 39.9. The zero-order valence-corrected chi connectivity index (χ0v) is 13.4. The van der Waals surface area contributed by atoms with Gasteiger partial charge in [0.1, 0.15) is 12.1 Å². The first kappa shape index (κ1) is 16.2. The Morgan fingerprint density at radius 3 is 2.38 bits per heavy atom. The summed E-state index contributed by atoms with van der Waals surface area (Å²) in [5.74, 6) is -0.330. The second-order valence-electron chi connectivity index (χ2n) is 5.04. The molecule has 1 N–H and O–H groups in total. The highest BCUT2D eigenvalue weighted by molar-refractivity contribution is 7.89. The van der Waals surface area contributed by atoms with Crippen molar-refractivity contribution in [1.82, 2.24) is 14.7 Å². The average molecular weight is 343 g/mol. The normalized spacial score (nSPS) is 11.4. The van der Waals surface area contributed by atoms with Gasteiger partial charge in [-0.05, 0) is 42.5 Å². The Labute approximate surface area is 139 Å². The lowest BCUT2D eigenvalue weighted by Crippen LogP contribution is -2.23. The maximum absolute atomic E-state index is 13.0. The van der Waals surface area contributed by atoms with Gasteiger partial charge in [0.25, 0.3) is 0 Å². The molecule has 5 nitrogen and oxygen atoms in total. The molecule has 0 radical (unpaired) electrons. The molecule has 0 saturated carbocycles. The number of sulfonamides is 1. The van der Waals surface area contributed by atoms with Crippen LogP contribution in [0.5, 0.6) is 0 Å². The van der Waals surface area contributed by atoms with Crippen LogP contribution in [0.4, 0.5) is 4.39 Å². The second kappa shape index (κ2) is 6.86. The highest BCUT2D eigenvalue weighted by Gasteiger charge is 2.13. The van der Waals surface area contributed by atoms with Crippen molar-refractivity contribution in [2.24, 2.45) is 0 Å². The molecule has 0 aliphatic carbocycles. The standard InChI is InChI=1S/C17H14FN3O2S/c18-14-8-6-13(7-9-14)17-10-15(19-12-20-17)11-21-24(22,23)16-4-2-1-3-5-16/h1-10,12,21H,11H2. The van der Waals surface area contributed by atoms with Gasteiger partial charge in [0.15, 0.2) is 0 Å². The van der Waals surface area contributed by atoms with E-state index in [4.69, 9.17) is 0 Å². The first-order chi connectivity index (χ1) is 11.5. The summed E-state index contributed by atoms with van der Waals surface area (Å²) in [5.41, 5.74) is 1.84. The third-order valence-electron chi connectivity index (χ3n) is 3.36. The van der Waals surface area contributed by atoms with Gasteiger partial charge in [0, 0.05) is 5.56 Å². The molecule has 2 aromatic carbocycles. The van der Waals surface area contributed by atoms with E-state index >= 15 is 0 Å². The zero-order chi connectivity index (χ0) is 17.0. The fraction of sp³-hybridized carbons (Fsp3) is 0.0588. The molecule has 0 aliphatic heterocycles. The molecule has 122 valence electrons. The van der Waals surface area contributed by atoms with Crippen LogP contribution in [0.25, 0.3) is 11.3 Å². The van der Waals surface area contributed by atoms with Crippen LogP contribution in [0.1, 0.15) is 5.69 Å². The molecule has 0 amide bonds. The van der Waals surface area contributed by atoms with Gasteiger partial charge in [-0.25, -0.2) is 27.5 Å². The van der Waals surface area contributed by atoms with Crippen molar-refractivity contribution in [3.63, 3.8) is 0 Å². The SMILES string of the molecule is O=S(=O)(NCc1cc(-c2ccc(F)cc2)ncn1)c1ccccc1. The lowest BCUT2D eigenvalue weighted by Gasteiger charge is -2.07. The minimum absolute atomic E-state index is 0.0357. The average Bonchev–Trinajstić information content (AvgIpc) is 2.62. The van der Waals surface area contributed by atoms with E-state index in [9.17, 15) is 12.8 Å². The summed E-state index contributed by atoms with van der Waals surface area (Å²) in [6.45, 7) is 0.0357. The van der Waals surface area contributed by atoms with E-state index in [0.717, 1.165) is 5.56 Å². The molecular weight excluding hydrogens is 329 g/mol. The summed E-state index contributed by atoms with van der Waals surface area (Å²) in [6, 6.07) is 15.7. The Balaban J connectivity index is 1.77. The van der Waals surface area contributed by atoms with Crippen molar-refractivity contribution in [3.05, 3.63) is 78.5 Å². The maximum atomic E-state index is 13.0. The summed E-state index contributed by atoms with van der Waals surface area (Å²) in [4.78, 5) is 8.39. The lowest BCUT2D eigenvalue weighted by molar-refractivity contribution is 0.580. The van der Waals surface area contributed by atoms with Gasteiger partial charge in [-0.3, -0.25) is 0 Å². The molecule has 0 unspecified atom stereocenters. The van der Waals surface area contributed by atoms with Crippen LogP contribution in [0.2, 0.25) is 0 Å². The van der Waals surface area contributed by atoms with E-state index in [2.05, 4.69) is 14.7 Å². The van der Waals surface area contributed by atoms with Gasteiger partial charge in [-0.1, -0.05) is 18.2 Å². The zero-order valence-electron chi connectivity index (χ0n) is 12.6. The van der Waals surface area contributed by atoms with Gasteiger partial charge in [0.2, 0.25) is 10.0 Å². The van der Waals surface area contributed by atoms with Crippen LogP contribution in [0.15, 0.2) is 71.9 Å². The van der Waals surface area contributed by atoms with Crippen molar-refractivity contribution in [1.29, 1.82) is 0 Å². The van der Waals surface area contributed by atoms with Gasteiger partial charge in [-0.2, -0.15) is 0 Å². The number of benzene rings is 2. The molecule has 0 aliphatic rings. The van der Waals surface area contributed by atoms with E-state index in [1.807, 2.05) is 0 Å². The molecule has 0 atom stereocenters. The molecule has 0 saturated heterocycles. The molecule has 3 aromatic rings. The fourth-order valence-corrected chi connectivity index (χ4v) is 3.14. The highest BCUT2D eigenvalue weighted by atomic mass is 32.2. The van der Waals surface area contributed by atoms with E-state index in [1.165, 1.54) is 30.6 Å². The summed E-state index contributed by atoms with van der Waals surface area (Å²) in [5, 5.41) is 0. The van der Waals surface area contributed by atoms with Gasteiger partial charge < -0.3 is 0 Å². The monoisotopic (exact) mass is 343 g/mol. The summed E-state index contributed by atoms with van der Waals surface area (Å²) in [6.07, 6.45) is 1.35. The minimum Gasteiger partial charge on any atom is -0.240 e. The van der Waals surface area contributed by atoms with Crippen LogP contribution in [0.3, 0.4) is 0 Å². The third-order valence-corrected chi connectivity index (χ3v) is 4.78. The molecule has 1 heterocycles. The Kier molecular flexibility index (Phi) is 4.64. The van der Waals surface area contributed by atoms with Crippen molar-refractivity contribution >= 4 is 10.0 Å². The number of aromatic nitrogens is 2. The predicted octanol–water partition coefficient (Wildman–Crippen LogP) is 2.76. The Hall–Kier alpha value is -2.64. The summed E-state index contributed by atoms with van der Waals surface area (Å²) >= 11 is 0. The highest BCUT2D eigenvalue weighted by Crippen LogP contribution is 2.17. The Bertz CT molecular complexity index is 930. The third kappa shape index (κ3) is 3.81. The minimum atomic E-state index is -3.60. The fourth-order valence-electron chi connectivity index (χ4n) is 2.12. The van der Waals surface area contributed by atoms with Crippen LogP contribution < -0.4 is 4.72 Å². The number of hydrogen-bond donors (Lipinski definition) is 1. The van der Waals surface area contributed by atoms with E-state index in [-0.39, 0.29) is 17.3 Å². The number of nitrogens with zero attached hydrogens (tertiary/aromatic N) is 2. The molecule has 3 rings (SSSR count). The number of halogens is 1. The van der Waals surface area contributed by atoms with Crippen molar-refractivity contribution in [2.75, 3.05) is 0 Å². The molecule has 0 spiro atoms. The van der Waals surface area contributed by atoms with Gasteiger partial charge in [0.05, 0.1) is 22.8 Å². The summed E-state index contributed by atoms with van der Waals surface area (Å²) in [7, 11) is -3.60. The van der Waals surface area contributed by atoms with E-state index < -0.39 is 10.0 Å². The quantitative estimate of drug-likeness (QED) is 0.773. The largest absolute Gasteiger partial charge is 0.240 e. The molecule has 1 aromatic heterocycles. The predicted molar refractivity (Wildman–Crippen MR) is 87.9 cm³/mol. The lowest BCUT2D eigenvalue weighted by atomic mass is 10.1. The molecule has 0 fully saturated rings. The van der Waals surface area contributed by atoms with Crippen LogP contribution in [-0.4, -0.2) is 18.4 Å².